The Morgan fingerprint density at radius 1 is 1.31 bits per heavy atom. The fourth-order valence-electron chi connectivity index (χ4n) is 3.69. The van der Waals surface area contributed by atoms with Crippen molar-refractivity contribution >= 4 is 33.2 Å². The highest BCUT2D eigenvalue weighted by atomic mass is 79.9. The minimum absolute atomic E-state index is 0.0594. The van der Waals surface area contributed by atoms with E-state index in [0.717, 1.165) is 55.7 Å². The molecule has 4 heterocycles. The molecule has 0 radical (unpaired) electrons. The minimum atomic E-state index is -0.0594. The van der Waals surface area contributed by atoms with Crippen molar-refractivity contribution in [2.45, 2.75) is 25.3 Å². The van der Waals surface area contributed by atoms with Crippen molar-refractivity contribution in [1.29, 1.82) is 0 Å². The molecule has 1 N–H and O–H groups in total. The van der Waals surface area contributed by atoms with Crippen molar-refractivity contribution in [3.8, 4) is 0 Å². The number of nitrogens with zero attached hydrogens (tertiary/aromatic N) is 3. The van der Waals surface area contributed by atoms with Gasteiger partial charge in [-0.25, -0.2) is 4.98 Å². The molecule has 8 heteroatoms. The molecule has 2 aromatic rings. The molecule has 2 aromatic heterocycles. The monoisotopic (exact) mass is 438 g/mol. The molecule has 2 aliphatic heterocycles. The number of hydrogen-bond acceptors (Lipinski definition) is 6. The first kappa shape index (κ1) is 18.2. The number of nitrogens with one attached hydrogen (secondary N) is 1. The molecule has 0 bridgehead atoms. The molecule has 4 rings (SSSR count). The molecule has 140 valence electrons. The molecule has 1 unspecified atom stereocenters. The maximum atomic E-state index is 12.2. The Morgan fingerprint density at radius 3 is 2.92 bits per heavy atom. The van der Waals surface area contributed by atoms with Crippen LogP contribution in [0, 0.1) is 0 Å². The summed E-state index contributed by atoms with van der Waals surface area (Å²) in [4.78, 5) is 25.9. The summed E-state index contributed by atoms with van der Waals surface area (Å²) in [7, 11) is 0. The first-order chi connectivity index (χ1) is 12.7. The zero-order valence-electron chi connectivity index (χ0n) is 14.6. The van der Waals surface area contributed by atoms with Gasteiger partial charge >= 0.3 is 0 Å². The number of thiophene rings is 1. The van der Waals surface area contributed by atoms with E-state index in [4.69, 9.17) is 9.72 Å². The van der Waals surface area contributed by atoms with Crippen molar-refractivity contribution in [1.82, 2.24) is 14.9 Å². The molecule has 26 heavy (non-hydrogen) atoms. The van der Waals surface area contributed by atoms with Gasteiger partial charge in [-0.2, -0.15) is 0 Å². The maximum absolute atomic E-state index is 12.2. The van der Waals surface area contributed by atoms with E-state index in [1.165, 1.54) is 4.88 Å². The molecular formula is C18H23BrN4O2S. The van der Waals surface area contributed by atoms with Gasteiger partial charge in [0.15, 0.2) is 0 Å². The van der Waals surface area contributed by atoms with Gasteiger partial charge in [-0.05, 0) is 41.4 Å². The Morgan fingerprint density at radius 2 is 2.15 bits per heavy atom. The highest BCUT2D eigenvalue weighted by Gasteiger charge is 2.24. The SMILES string of the molecule is O=c1cc(C2CCCN(Cc3cc(Br)cs3)C2)nc(N2CCOCC2)[nH]1. The van der Waals surface area contributed by atoms with Gasteiger partial charge in [0.25, 0.3) is 5.56 Å². The lowest BCUT2D eigenvalue weighted by Gasteiger charge is -2.33. The van der Waals surface area contributed by atoms with Crippen LogP contribution in [-0.4, -0.2) is 54.3 Å². The maximum Gasteiger partial charge on any atom is 0.252 e. The summed E-state index contributed by atoms with van der Waals surface area (Å²) in [5.41, 5.74) is 0.864. The molecule has 0 saturated carbocycles. The average Bonchev–Trinajstić information content (AvgIpc) is 3.07. The number of aromatic nitrogens is 2. The van der Waals surface area contributed by atoms with Crippen molar-refractivity contribution in [2.24, 2.45) is 0 Å². The quantitative estimate of drug-likeness (QED) is 0.794. The van der Waals surface area contributed by atoms with Gasteiger partial charge in [0, 0.05) is 52.9 Å². The van der Waals surface area contributed by atoms with Gasteiger partial charge in [-0.15, -0.1) is 11.3 Å². The molecular weight excluding hydrogens is 416 g/mol. The van der Waals surface area contributed by atoms with Crippen molar-refractivity contribution in [3.63, 3.8) is 0 Å². The fraction of sp³-hybridized carbons (Fsp3) is 0.556. The average molecular weight is 439 g/mol. The van der Waals surface area contributed by atoms with Crippen molar-refractivity contribution < 1.29 is 4.74 Å². The molecule has 0 aromatic carbocycles. The lowest BCUT2D eigenvalue weighted by atomic mass is 9.94. The molecule has 6 nitrogen and oxygen atoms in total. The smallest absolute Gasteiger partial charge is 0.252 e. The fourth-order valence-corrected chi connectivity index (χ4v) is 5.19. The van der Waals surface area contributed by atoms with Crippen LogP contribution in [0.5, 0.6) is 0 Å². The van der Waals surface area contributed by atoms with Crippen LogP contribution < -0.4 is 10.5 Å². The van der Waals surface area contributed by atoms with Crippen LogP contribution in [0.15, 0.2) is 26.8 Å². The summed E-state index contributed by atoms with van der Waals surface area (Å²) < 4.78 is 6.55. The summed E-state index contributed by atoms with van der Waals surface area (Å²) in [6.45, 7) is 5.93. The lowest BCUT2D eigenvalue weighted by Crippen LogP contribution is -2.39. The number of halogens is 1. The summed E-state index contributed by atoms with van der Waals surface area (Å²) in [6.07, 6.45) is 2.22. The Bertz CT molecular complexity index is 802. The molecule has 1 atom stereocenters. The van der Waals surface area contributed by atoms with E-state index < -0.39 is 0 Å². The number of rotatable bonds is 4. The van der Waals surface area contributed by atoms with Crippen molar-refractivity contribution in [2.75, 3.05) is 44.3 Å². The van der Waals surface area contributed by atoms with Gasteiger partial charge in [-0.1, -0.05) is 0 Å². The standard InChI is InChI=1S/C18H23BrN4O2S/c19-14-8-15(26-12-14)11-22-3-1-2-13(10-22)16-9-17(24)21-18(20-16)23-4-6-25-7-5-23/h8-9,12-13H,1-7,10-11H2,(H,20,21,24). The molecule has 0 aliphatic carbocycles. The number of aromatic amines is 1. The zero-order valence-corrected chi connectivity index (χ0v) is 17.0. The van der Waals surface area contributed by atoms with E-state index in [0.29, 0.717) is 25.1 Å². The van der Waals surface area contributed by atoms with Gasteiger partial charge in [-0.3, -0.25) is 14.7 Å². The van der Waals surface area contributed by atoms with E-state index in [2.05, 4.69) is 42.2 Å². The molecule has 2 saturated heterocycles. The van der Waals surface area contributed by atoms with E-state index in [-0.39, 0.29) is 5.56 Å². The van der Waals surface area contributed by atoms with Crippen LogP contribution >= 0.6 is 27.3 Å². The number of likely N-dealkylation sites (tertiary alicyclic amines) is 1. The summed E-state index contributed by atoms with van der Waals surface area (Å²) in [5.74, 6) is 1.00. The number of piperidine rings is 1. The Hall–Kier alpha value is -1.22. The molecule has 2 fully saturated rings. The highest BCUT2D eigenvalue weighted by molar-refractivity contribution is 9.10. The Kier molecular flexibility index (Phi) is 5.73. The van der Waals surface area contributed by atoms with E-state index in [1.54, 1.807) is 17.4 Å². The van der Waals surface area contributed by atoms with E-state index >= 15 is 0 Å². The van der Waals surface area contributed by atoms with Gasteiger partial charge in [0.2, 0.25) is 5.95 Å². The highest BCUT2D eigenvalue weighted by Crippen LogP contribution is 2.28. The first-order valence-electron chi connectivity index (χ1n) is 9.06. The number of hydrogen-bond donors (Lipinski definition) is 1. The predicted octanol–water partition coefficient (Wildman–Crippen LogP) is 2.81. The molecule has 0 spiro atoms. The second kappa shape index (κ2) is 8.21. The lowest BCUT2D eigenvalue weighted by molar-refractivity contribution is 0.122. The van der Waals surface area contributed by atoms with Crippen LogP contribution in [0.3, 0.4) is 0 Å². The minimum Gasteiger partial charge on any atom is -0.378 e. The molecule has 0 amide bonds. The summed E-state index contributed by atoms with van der Waals surface area (Å²) in [6, 6.07) is 3.87. The largest absolute Gasteiger partial charge is 0.378 e. The number of anilines is 1. The zero-order chi connectivity index (χ0) is 17.9. The van der Waals surface area contributed by atoms with Gasteiger partial charge in [0.05, 0.1) is 18.9 Å². The van der Waals surface area contributed by atoms with Crippen LogP contribution in [0.1, 0.15) is 29.3 Å². The van der Waals surface area contributed by atoms with E-state index in [9.17, 15) is 4.79 Å². The predicted molar refractivity (Wildman–Crippen MR) is 107 cm³/mol. The Labute approximate surface area is 165 Å². The topological polar surface area (TPSA) is 61.5 Å². The number of ether oxygens (including phenoxy) is 1. The Balaban J connectivity index is 1.49. The second-order valence-electron chi connectivity index (χ2n) is 6.90. The van der Waals surface area contributed by atoms with Gasteiger partial charge in [0.1, 0.15) is 0 Å². The number of morpholine rings is 1. The van der Waals surface area contributed by atoms with Crippen LogP contribution in [-0.2, 0) is 11.3 Å². The summed E-state index contributed by atoms with van der Waals surface area (Å²) >= 11 is 5.32. The normalized spacial score (nSPS) is 21.9. The van der Waals surface area contributed by atoms with E-state index in [1.807, 2.05) is 0 Å². The third-order valence-corrected chi connectivity index (χ3v) is 6.67. The van der Waals surface area contributed by atoms with Crippen LogP contribution in [0.4, 0.5) is 5.95 Å². The summed E-state index contributed by atoms with van der Waals surface area (Å²) in [5, 5.41) is 2.13. The van der Waals surface area contributed by atoms with Crippen LogP contribution in [0.2, 0.25) is 0 Å². The van der Waals surface area contributed by atoms with Crippen LogP contribution in [0.25, 0.3) is 0 Å². The first-order valence-corrected chi connectivity index (χ1v) is 10.7. The third-order valence-electron chi connectivity index (χ3n) is 4.98. The van der Waals surface area contributed by atoms with Crippen molar-refractivity contribution in [3.05, 3.63) is 42.9 Å². The van der Waals surface area contributed by atoms with Gasteiger partial charge < -0.3 is 9.64 Å². The number of H-pyrrole nitrogens is 1. The molecule has 2 aliphatic rings. The second-order valence-corrected chi connectivity index (χ2v) is 8.81. The third kappa shape index (κ3) is 4.36.